The first kappa shape index (κ1) is 44.1. The summed E-state index contributed by atoms with van der Waals surface area (Å²) in [7, 11) is 4.31. The molecule has 0 aliphatic carbocycles. The van der Waals surface area contributed by atoms with Gasteiger partial charge < -0.3 is 29.5 Å². The number of anilines is 1. The molecule has 0 unspecified atom stereocenters. The molecule has 2 aliphatic rings. The summed E-state index contributed by atoms with van der Waals surface area (Å²) in [5.41, 5.74) is 2.22. The topological polar surface area (TPSA) is 143 Å². The molecule has 0 saturated carbocycles. The number of hydrogen-bond acceptors (Lipinski definition) is 14. The number of halogens is 1. The number of para-hydroxylation sites is 2. The van der Waals surface area contributed by atoms with Crippen molar-refractivity contribution in [1.29, 1.82) is 0 Å². The standard InChI is InChI=1S/C23H24N4O3S.C17H11ClN2O3S.C6H14N2/c1-3-30-23(29)19-20(28)15-9-10-18(26-12-6-11-25(2)13-14-26)24-21(15)27-16-7-4-5-8-17(16)31-22(19)27;1-2-23-17(22)13-14(21)9-7-8-12(18)19-15(9)20-10-5-3-4-6-11(10)24-16(13)20;1-8-5-2-3-7-4-6-8/h4-5,7-10H,3,6,11-14H2,1-2H3;3-8H,2H2,1H3;7H,2-6H2,1H3. The van der Waals surface area contributed by atoms with Gasteiger partial charge in [0.25, 0.3) is 0 Å². The predicted molar refractivity (Wildman–Crippen MR) is 255 cm³/mol. The van der Waals surface area contributed by atoms with Gasteiger partial charge >= 0.3 is 11.9 Å². The van der Waals surface area contributed by atoms with Crippen LogP contribution in [-0.4, -0.2) is 120 Å². The van der Waals surface area contributed by atoms with Crippen LogP contribution in [0.2, 0.25) is 5.15 Å². The molecule has 10 rings (SSSR count). The summed E-state index contributed by atoms with van der Waals surface area (Å²) in [6.07, 6.45) is 2.37. The lowest BCUT2D eigenvalue weighted by Gasteiger charge is -2.22. The predicted octanol–water partition coefficient (Wildman–Crippen LogP) is 7.19. The van der Waals surface area contributed by atoms with Crippen molar-refractivity contribution in [3.63, 3.8) is 0 Å². The van der Waals surface area contributed by atoms with Crippen LogP contribution in [0.1, 0.15) is 47.4 Å². The number of likely N-dealkylation sites (N-methyl/N-ethyl adjacent to an activating group) is 2. The highest BCUT2D eigenvalue weighted by molar-refractivity contribution is 7.24. The second-order valence-corrected chi connectivity index (χ2v) is 17.8. The molecule has 328 valence electrons. The number of ether oxygens (including phenoxy) is 2. The van der Waals surface area contributed by atoms with Crippen molar-refractivity contribution in [1.82, 2.24) is 33.9 Å². The van der Waals surface area contributed by atoms with Gasteiger partial charge in [-0.1, -0.05) is 35.9 Å². The van der Waals surface area contributed by atoms with Gasteiger partial charge in [-0.2, -0.15) is 0 Å². The molecule has 0 amide bonds. The van der Waals surface area contributed by atoms with E-state index >= 15 is 0 Å². The number of hydrogen-bond donors (Lipinski definition) is 1. The van der Waals surface area contributed by atoms with Gasteiger partial charge in [0.2, 0.25) is 10.9 Å². The Morgan fingerprint density at radius 1 is 0.651 bits per heavy atom. The Bertz CT molecular complexity index is 3100. The lowest BCUT2D eigenvalue weighted by atomic mass is 10.2. The molecule has 6 aromatic heterocycles. The Hall–Kier alpha value is -5.49. The fraction of sp³-hybridized carbons (Fsp3) is 0.348. The number of rotatable bonds is 5. The van der Waals surface area contributed by atoms with Crippen molar-refractivity contribution in [2.45, 2.75) is 26.7 Å². The van der Waals surface area contributed by atoms with Crippen LogP contribution in [0.15, 0.2) is 82.4 Å². The first-order chi connectivity index (χ1) is 30.6. The van der Waals surface area contributed by atoms with Gasteiger partial charge in [0, 0.05) is 32.7 Å². The first-order valence-electron chi connectivity index (χ1n) is 21.2. The third-order valence-electron chi connectivity index (χ3n) is 11.1. The van der Waals surface area contributed by atoms with Crippen LogP contribution in [0.25, 0.3) is 52.2 Å². The highest BCUT2D eigenvalue weighted by Crippen LogP contribution is 2.33. The van der Waals surface area contributed by atoms with Crippen molar-refractivity contribution in [3.05, 3.63) is 110 Å². The average molecular weight is 910 g/mol. The number of carbonyl (C=O) groups is 2. The summed E-state index contributed by atoms with van der Waals surface area (Å²) in [6, 6.07) is 22.4. The number of aromatic nitrogens is 4. The van der Waals surface area contributed by atoms with Gasteiger partial charge in [-0.15, -0.1) is 22.7 Å². The molecule has 2 fully saturated rings. The van der Waals surface area contributed by atoms with Crippen LogP contribution in [0, 0.1) is 0 Å². The minimum atomic E-state index is -0.622. The summed E-state index contributed by atoms with van der Waals surface area (Å²) >= 11 is 8.80. The van der Waals surface area contributed by atoms with Crippen LogP contribution in [0.4, 0.5) is 5.82 Å². The van der Waals surface area contributed by atoms with E-state index in [0.717, 1.165) is 65.4 Å². The van der Waals surface area contributed by atoms with E-state index in [1.165, 1.54) is 48.7 Å². The van der Waals surface area contributed by atoms with Crippen LogP contribution >= 0.6 is 34.3 Å². The number of nitrogens with zero attached hydrogens (tertiary/aromatic N) is 7. The average Bonchev–Trinajstić information content (AvgIpc) is 3.65. The molecule has 0 radical (unpaired) electrons. The van der Waals surface area contributed by atoms with Crippen LogP contribution in [0.5, 0.6) is 0 Å². The molecule has 17 heteroatoms. The zero-order valence-electron chi connectivity index (χ0n) is 35.7. The Balaban J connectivity index is 0.000000150. The Labute approximate surface area is 376 Å². The van der Waals surface area contributed by atoms with E-state index in [-0.39, 0.29) is 40.4 Å². The van der Waals surface area contributed by atoms with Gasteiger partial charge in [0.1, 0.15) is 31.8 Å². The number of carbonyl (C=O) groups excluding carboxylic acids is 2. The number of benzene rings is 2. The fourth-order valence-corrected chi connectivity index (χ4v) is 10.4. The zero-order valence-corrected chi connectivity index (χ0v) is 38.1. The van der Waals surface area contributed by atoms with Crippen LogP contribution in [-0.2, 0) is 9.47 Å². The molecule has 63 heavy (non-hydrogen) atoms. The molecule has 2 aliphatic heterocycles. The Kier molecular flexibility index (Phi) is 13.7. The summed E-state index contributed by atoms with van der Waals surface area (Å²) in [5.74, 6) is -0.350. The minimum Gasteiger partial charge on any atom is -0.462 e. The van der Waals surface area contributed by atoms with Crippen molar-refractivity contribution < 1.29 is 19.1 Å². The van der Waals surface area contributed by atoms with Crippen molar-refractivity contribution in [2.75, 3.05) is 84.6 Å². The maximum absolute atomic E-state index is 13.4. The summed E-state index contributed by atoms with van der Waals surface area (Å²) in [6.45, 7) is 12.5. The highest BCUT2D eigenvalue weighted by Gasteiger charge is 2.26. The second kappa shape index (κ2) is 19.5. The van der Waals surface area contributed by atoms with E-state index in [9.17, 15) is 19.2 Å². The molecule has 2 saturated heterocycles. The number of fused-ring (bicyclic) bond motifs is 10. The van der Waals surface area contributed by atoms with Gasteiger partial charge in [-0.3, -0.25) is 18.4 Å². The molecule has 0 bridgehead atoms. The lowest BCUT2D eigenvalue weighted by Crippen LogP contribution is -2.29. The lowest BCUT2D eigenvalue weighted by molar-refractivity contribution is 0.0517. The third-order valence-corrected chi connectivity index (χ3v) is 13.6. The number of pyridine rings is 4. The van der Waals surface area contributed by atoms with Gasteiger partial charge in [-0.05, 0) is 109 Å². The van der Waals surface area contributed by atoms with E-state index in [0.29, 0.717) is 31.7 Å². The van der Waals surface area contributed by atoms with Gasteiger partial charge in [0.15, 0.2) is 11.3 Å². The van der Waals surface area contributed by atoms with E-state index in [1.807, 2.05) is 59.0 Å². The smallest absolute Gasteiger partial charge is 0.345 e. The largest absolute Gasteiger partial charge is 0.462 e. The number of nitrogens with one attached hydrogen (secondary N) is 1. The fourth-order valence-electron chi connectivity index (χ4n) is 7.94. The van der Waals surface area contributed by atoms with E-state index in [1.54, 1.807) is 36.4 Å². The first-order valence-corrected chi connectivity index (χ1v) is 23.2. The SMILES string of the molecule is CCOC(=O)c1c(=O)c2ccc(Cl)nc2n2c1sc1ccccc12.CCOC(=O)c1c(=O)c2ccc(N3CCCN(C)CC3)nc2n2c1sc1ccccc12.CN1CCCNCC1. The normalized spacial score (nSPS) is 15.2. The molecule has 8 aromatic rings. The van der Waals surface area contributed by atoms with E-state index < -0.39 is 11.9 Å². The van der Waals surface area contributed by atoms with Crippen molar-refractivity contribution >= 4 is 104 Å². The van der Waals surface area contributed by atoms with Crippen LogP contribution in [0.3, 0.4) is 0 Å². The summed E-state index contributed by atoms with van der Waals surface area (Å²) in [4.78, 5) is 68.6. The second-order valence-electron chi connectivity index (χ2n) is 15.4. The Morgan fingerprint density at radius 2 is 1.19 bits per heavy atom. The van der Waals surface area contributed by atoms with Crippen molar-refractivity contribution in [3.8, 4) is 0 Å². The minimum absolute atomic E-state index is 0.0367. The van der Waals surface area contributed by atoms with Gasteiger partial charge in [-0.25, -0.2) is 19.6 Å². The molecular formula is C46H49ClN8O6S2. The summed E-state index contributed by atoms with van der Waals surface area (Å²) in [5, 5.41) is 4.39. The quantitative estimate of drug-likeness (QED) is 0.138. The third kappa shape index (κ3) is 9.01. The van der Waals surface area contributed by atoms with E-state index in [4.69, 9.17) is 26.1 Å². The van der Waals surface area contributed by atoms with Crippen molar-refractivity contribution in [2.24, 2.45) is 0 Å². The number of thiazole rings is 2. The molecule has 2 aromatic carbocycles. The monoisotopic (exact) mass is 908 g/mol. The zero-order chi connectivity index (χ0) is 44.2. The molecule has 14 nitrogen and oxygen atoms in total. The maximum Gasteiger partial charge on any atom is 0.345 e. The number of esters is 2. The van der Waals surface area contributed by atoms with Crippen LogP contribution < -0.4 is 21.1 Å². The molecule has 1 N–H and O–H groups in total. The Morgan fingerprint density at radius 3 is 1.79 bits per heavy atom. The molecule has 8 heterocycles. The molecule has 0 atom stereocenters. The van der Waals surface area contributed by atoms with E-state index in [2.05, 4.69) is 39.1 Å². The molecular weight excluding hydrogens is 860 g/mol. The summed E-state index contributed by atoms with van der Waals surface area (Å²) < 4.78 is 16.0. The van der Waals surface area contributed by atoms with Gasteiger partial charge in [0.05, 0.1) is 44.4 Å². The molecule has 0 spiro atoms. The maximum atomic E-state index is 13.4. The highest BCUT2D eigenvalue weighted by atomic mass is 35.5.